The van der Waals surface area contributed by atoms with E-state index >= 15 is 0 Å². The molecular weight excluding hydrogens is 284 g/mol. The Morgan fingerprint density at radius 3 is 3.00 bits per heavy atom. The molecule has 1 aliphatic rings. The highest BCUT2D eigenvalue weighted by atomic mass is 16.5. The first kappa shape index (κ1) is 15.7. The van der Waals surface area contributed by atoms with E-state index in [0.717, 1.165) is 12.8 Å². The van der Waals surface area contributed by atoms with Gasteiger partial charge in [-0.15, -0.1) is 0 Å². The van der Waals surface area contributed by atoms with E-state index in [9.17, 15) is 9.90 Å². The minimum atomic E-state index is -0.270. The van der Waals surface area contributed by atoms with Crippen molar-refractivity contribution in [3.63, 3.8) is 0 Å². The SMILES string of the molecule is COc1ccc(/C=C/C(=O)NC2CCCN2C(=N)N)cc1O. The van der Waals surface area contributed by atoms with Gasteiger partial charge in [-0.05, 0) is 36.6 Å². The number of phenols is 1. The molecule has 2 rings (SSSR count). The number of amides is 1. The zero-order valence-electron chi connectivity index (χ0n) is 12.4. The Morgan fingerprint density at radius 1 is 1.59 bits per heavy atom. The predicted octanol–water partition coefficient (Wildman–Crippen LogP) is 0.846. The first-order valence-electron chi connectivity index (χ1n) is 6.97. The van der Waals surface area contributed by atoms with Gasteiger partial charge in [-0.1, -0.05) is 6.07 Å². The third-order valence-corrected chi connectivity index (χ3v) is 3.50. The maximum Gasteiger partial charge on any atom is 0.245 e. The van der Waals surface area contributed by atoms with Crippen molar-refractivity contribution in [3.8, 4) is 11.5 Å². The van der Waals surface area contributed by atoms with Crippen molar-refractivity contribution in [2.45, 2.75) is 19.0 Å². The number of guanidine groups is 1. The molecule has 1 aromatic rings. The Balaban J connectivity index is 1.96. The lowest BCUT2D eigenvalue weighted by Gasteiger charge is -2.24. The highest BCUT2D eigenvalue weighted by Crippen LogP contribution is 2.26. The van der Waals surface area contributed by atoms with Crippen LogP contribution in [0.1, 0.15) is 18.4 Å². The highest BCUT2D eigenvalue weighted by molar-refractivity contribution is 5.92. The van der Waals surface area contributed by atoms with Gasteiger partial charge in [0.1, 0.15) is 6.17 Å². The first-order chi connectivity index (χ1) is 10.5. The van der Waals surface area contributed by atoms with E-state index < -0.39 is 0 Å². The number of carbonyl (C=O) groups is 1. The van der Waals surface area contributed by atoms with E-state index in [1.54, 1.807) is 23.1 Å². The monoisotopic (exact) mass is 304 g/mol. The van der Waals surface area contributed by atoms with E-state index in [2.05, 4.69) is 5.32 Å². The van der Waals surface area contributed by atoms with E-state index in [0.29, 0.717) is 17.9 Å². The van der Waals surface area contributed by atoms with Gasteiger partial charge < -0.3 is 25.8 Å². The third-order valence-electron chi connectivity index (χ3n) is 3.50. The lowest BCUT2D eigenvalue weighted by molar-refractivity contribution is -0.117. The number of carbonyl (C=O) groups excluding carboxylic acids is 1. The van der Waals surface area contributed by atoms with Gasteiger partial charge in [-0.3, -0.25) is 10.2 Å². The predicted molar refractivity (Wildman–Crippen MR) is 83.5 cm³/mol. The Bertz CT molecular complexity index is 600. The Kier molecular flexibility index (Phi) is 4.88. The van der Waals surface area contributed by atoms with Crippen LogP contribution in [0.4, 0.5) is 0 Å². The van der Waals surface area contributed by atoms with Gasteiger partial charge in [0.25, 0.3) is 0 Å². The summed E-state index contributed by atoms with van der Waals surface area (Å²) in [7, 11) is 1.47. The molecule has 7 nitrogen and oxygen atoms in total. The summed E-state index contributed by atoms with van der Waals surface area (Å²) >= 11 is 0. The molecule has 118 valence electrons. The van der Waals surface area contributed by atoms with Gasteiger partial charge >= 0.3 is 0 Å². The van der Waals surface area contributed by atoms with Gasteiger partial charge in [-0.2, -0.15) is 0 Å². The number of methoxy groups -OCH3 is 1. The Hall–Kier alpha value is -2.70. The van der Waals surface area contributed by atoms with Crippen molar-refractivity contribution in [1.29, 1.82) is 5.41 Å². The average molecular weight is 304 g/mol. The van der Waals surface area contributed by atoms with Crippen molar-refractivity contribution in [1.82, 2.24) is 10.2 Å². The van der Waals surface area contributed by atoms with Crippen LogP contribution in [0.5, 0.6) is 11.5 Å². The van der Waals surface area contributed by atoms with Crippen LogP contribution in [0.15, 0.2) is 24.3 Å². The number of nitrogens with two attached hydrogens (primary N) is 1. The van der Waals surface area contributed by atoms with E-state index in [1.165, 1.54) is 19.3 Å². The summed E-state index contributed by atoms with van der Waals surface area (Å²) in [4.78, 5) is 13.6. The van der Waals surface area contributed by atoms with Crippen LogP contribution in [0, 0.1) is 5.41 Å². The fourth-order valence-corrected chi connectivity index (χ4v) is 2.40. The van der Waals surface area contributed by atoms with E-state index in [4.69, 9.17) is 15.9 Å². The number of nitrogens with one attached hydrogen (secondary N) is 2. The van der Waals surface area contributed by atoms with Crippen molar-refractivity contribution in [2.24, 2.45) is 5.73 Å². The molecule has 0 aromatic heterocycles. The molecule has 1 fully saturated rings. The minimum absolute atomic E-state index is 0.0172. The van der Waals surface area contributed by atoms with Gasteiger partial charge in [-0.25, -0.2) is 0 Å². The second kappa shape index (κ2) is 6.84. The number of ether oxygens (including phenoxy) is 1. The van der Waals surface area contributed by atoms with Crippen molar-refractivity contribution < 1.29 is 14.6 Å². The maximum atomic E-state index is 11.9. The van der Waals surface area contributed by atoms with Gasteiger partial charge in [0.2, 0.25) is 5.91 Å². The Morgan fingerprint density at radius 2 is 2.36 bits per heavy atom. The molecule has 0 saturated carbocycles. The number of rotatable bonds is 4. The Labute approximate surface area is 128 Å². The molecule has 5 N–H and O–H groups in total. The number of hydrogen-bond donors (Lipinski definition) is 4. The van der Waals surface area contributed by atoms with Crippen LogP contribution in [0.25, 0.3) is 6.08 Å². The van der Waals surface area contributed by atoms with E-state index in [-0.39, 0.29) is 23.8 Å². The average Bonchev–Trinajstić information content (AvgIpc) is 2.93. The number of likely N-dealkylation sites (tertiary alicyclic amines) is 1. The van der Waals surface area contributed by atoms with Crippen molar-refractivity contribution >= 4 is 17.9 Å². The molecule has 1 amide bonds. The quantitative estimate of drug-likeness (QED) is 0.374. The standard InChI is InChI=1S/C15H20N4O3/c1-22-12-6-4-10(9-11(12)20)5-7-14(21)18-13-3-2-8-19(13)15(16)17/h4-7,9,13,20H,2-3,8H2,1H3,(H3,16,17)(H,18,21)/b7-5+. The molecule has 0 radical (unpaired) electrons. The fourth-order valence-electron chi connectivity index (χ4n) is 2.40. The summed E-state index contributed by atoms with van der Waals surface area (Å²) in [5.74, 6) is 0.0913. The number of phenolic OH excluding ortho intramolecular Hbond substituents is 1. The second-order valence-corrected chi connectivity index (χ2v) is 5.01. The molecule has 1 unspecified atom stereocenters. The zero-order valence-corrected chi connectivity index (χ0v) is 12.4. The molecule has 1 aromatic carbocycles. The molecule has 0 spiro atoms. The molecule has 1 heterocycles. The van der Waals surface area contributed by atoms with Gasteiger partial charge in [0.05, 0.1) is 7.11 Å². The highest BCUT2D eigenvalue weighted by Gasteiger charge is 2.26. The molecule has 1 aliphatic heterocycles. The molecule has 0 bridgehead atoms. The van der Waals surface area contributed by atoms with E-state index in [1.807, 2.05) is 0 Å². The number of nitrogens with zero attached hydrogens (tertiary/aromatic N) is 1. The summed E-state index contributed by atoms with van der Waals surface area (Å²) in [6.07, 6.45) is 4.40. The van der Waals surface area contributed by atoms with Crippen molar-refractivity contribution in [3.05, 3.63) is 29.8 Å². The third kappa shape index (κ3) is 3.69. The van der Waals surface area contributed by atoms with Crippen LogP contribution in [0.2, 0.25) is 0 Å². The lowest BCUT2D eigenvalue weighted by Crippen LogP contribution is -2.48. The summed E-state index contributed by atoms with van der Waals surface area (Å²) < 4.78 is 4.96. The largest absolute Gasteiger partial charge is 0.504 e. The summed E-state index contributed by atoms with van der Waals surface area (Å²) in [6.45, 7) is 0.677. The fraction of sp³-hybridized carbons (Fsp3) is 0.333. The normalized spacial score (nSPS) is 17.7. The van der Waals surface area contributed by atoms with Crippen LogP contribution in [-0.4, -0.2) is 41.7 Å². The lowest BCUT2D eigenvalue weighted by atomic mass is 10.2. The van der Waals surface area contributed by atoms with Gasteiger partial charge in [0.15, 0.2) is 17.5 Å². The number of benzene rings is 1. The molecule has 22 heavy (non-hydrogen) atoms. The van der Waals surface area contributed by atoms with Crippen molar-refractivity contribution in [2.75, 3.05) is 13.7 Å². The van der Waals surface area contributed by atoms with Gasteiger partial charge in [0, 0.05) is 12.6 Å². The molecular formula is C15H20N4O3. The summed E-state index contributed by atoms with van der Waals surface area (Å²) in [6, 6.07) is 4.88. The second-order valence-electron chi connectivity index (χ2n) is 5.01. The topological polar surface area (TPSA) is 112 Å². The van der Waals surface area contributed by atoms with Crippen LogP contribution >= 0.6 is 0 Å². The number of aromatic hydroxyl groups is 1. The zero-order chi connectivity index (χ0) is 16.1. The number of hydrogen-bond acceptors (Lipinski definition) is 4. The van der Waals surface area contributed by atoms with Crippen LogP contribution in [-0.2, 0) is 4.79 Å². The molecule has 1 saturated heterocycles. The minimum Gasteiger partial charge on any atom is -0.504 e. The maximum absolute atomic E-state index is 11.9. The summed E-state index contributed by atoms with van der Waals surface area (Å²) in [5.41, 5.74) is 6.16. The first-order valence-corrected chi connectivity index (χ1v) is 6.97. The molecule has 0 aliphatic carbocycles. The molecule has 7 heteroatoms. The smallest absolute Gasteiger partial charge is 0.245 e. The summed E-state index contributed by atoms with van der Waals surface area (Å²) in [5, 5.41) is 19.9. The van der Waals surface area contributed by atoms with Crippen LogP contribution in [0.3, 0.4) is 0 Å². The molecule has 1 atom stereocenters. The van der Waals surface area contributed by atoms with Crippen LogP contribution < -0.4 is 15.8 Å².